The average molecular weight is 253 g/mol. The fourth-order valence-corrected chi connectivity index (χ4v) is 2.30. The molecule has 0 aromatic carbocycles. The average Bonchev–Trinajstić information content (AvgIpc) is 2.48. The number of hydrogen-bond donors (Lipinski definition) is 1. The first-order valence-electron chi connectivity index (χ1n) is 6.65. The van der Waals surface area contributed by atoms with E-state index in [4.69, 9.17) is 0 Å². The molecule has 1 rings (SSSR count). The number of unbranched alkanes of at least 4 members (excludes halogenated alkanes) is 1. The van der Waals surface area contributed by atoms with E-state index in [1.807, 2.05) is 20.8 Å². The summed E-state index contributed by atoms with van der Waals surface area (Å²) in [5, 5.41) is 9.50. The van der Waals surface area contributed by atoms with Crippen molar-refractivity contribution in [3.63, 3.8) is 0 Å². The van der Waals surface area contributed by atoms with Crippen LogP contribution in [0.4, 0.5) is 0 Å². The first kappa shape index (κ1) is 14.7. The quantitative estimate of drug-likeness (QED) is 0.465. The molecule has 4 heteroatoms. The highest BCUT2D eigenvalue weighted by atomic mass is 16.3. The van der Waals surface area contributed by atoms with Gasteiger partial charge in [-0.2, -0.15) is 0 Å². The highest BCUT2D eigenvalue weighted by Crippen LogP contribution is 2.27. The lowest BCUT2D eigenvalue weighted by molar-refractivity contribution is -0.127. The van der Waals surface area contributed by atoms with E-state index in [1.165, 1.54) is 6.92 Å². The van der Waals surface area contributed by atoms with Crippen molar-refractivity contribution in [3.8, 4) is 0 Å². The van der Waals surface area contributed by atoms with Gasteiger partial charge in [0.1, 0.15) is 11.3 Å². The van der Waals surface area contributed by atoms with E-state index in [9.17, 15) is 14.7 Å². The molecule has 0 spiro atoms. The van der Waals surface area contributed by atoms with Gasteiger partial charge in [0.25, 0.3) is 5.91 Å². The molecule has 0 aliphatic carbocycles. The number of likely N-dealkylation sites (tertiary alicyclic amines) is 1. The Kier molecular flexibility index (Phi) is 4.93. The second kappa shape index (κ2) is 6.03. The van der Waals surface area contributed by atoms with E-state index in [1.54, 1.807) is 4.90 Å². The Morgan fingerprint density at radius 2 is 2.00 bits per heavy atom. The summed E-state index contributed by atoms with van der Waals surface area (Å²) < 4.78 is 0. The van der Waals surface area contributed by atoms with Crippen molar-refractivity contribution in [1.82, 2.24) is 4.90 Å². The maximum absolute atomic E-state index is 12.2. The largest absolute Gasteiger partial charge is 0.512 e. The Labute approximate surface area is 109 Å². The first-order valence-corrected chi connectivity index (χ1v) is 6.65. The molecule has 1 saturated heterocycles. The SMILES string of the molecule is CCCCN1C(=O)/C(=C(\C)O)C(=O)C1CC(C)C. The summed E-state index contributed by atoms with van der Waals surface area (Å²) in [5.74, 6) is -0.337. The van der Waals surface area contributed by atoms with Crippen molar-refractivity contribution in [2.45, 2.75) is 53.0 Å². The smallest absolute Gasteiger partial charge is 0.261 e. The van der Waals surface area contributed by atoms with Gasteiger partial charge in [-0.25, -0.2) is 0 Å². The minimum atomic E-state index is -0.388. The molecule has 1 unspecified atom stereocenters. The molecule has 0 bridgehead atoms. The van der Waals surface area contributed by atoms with Crippen LogP contribution in [0.1, 0.15) is 47.0 Å². The van der Waals surface area contributed by atoms with Gasteiger partial charge in [-0.1, -0.05) is 27.2 Å². The Balaban J connectivity index is 3.00. The summed E-state index contributed by atoms with van der Waals surface area (Å²) in [6.07, 6.45) is 2.51. The van der Waals surface area contributed by atoms with Crippen molar-refractivity contribution in [1.29, 1.82) is 0 Å². The minimum absolute atomic E-state index is 0.0169. The van der Waals surface area contributed by atoms with Crippen molar-refractivity contribution >= 4 is 11.7 Å². The van der Waals surface area contributed by atoms with Gasteiger partial charge in [0.15, 0.2) is 5.78 Å². The van der Waals surface area contributed by atoms with Crippen LogP contribution in [0, 0.1) is 5.92 Å². The van der Waals surface area contributed by atoms with E-state index in [0.29, 0.717) is 18.9 Å². The number of aliphatic hydroxyl groups is 1. The lowest BCUT2D eigenvalue weighted by atomic mass is 9.99. The molecule has 1 N–H and O–H groups in total. The summed E-state index contributed by atoms with van der Waals surface area (Å²) in [7, 11) is 0. The lowest BCUT2D eigenvalue weighted by Crippen LogP contribution is -2.37. The van der Waals surface area contributed by atoms with Gasteiger partial charge in [-0.05, 0) is 25.7 Å². The van der Waals surface area contributed by atoms with Crippen molar-refractivity contribution < 1.29 is 14.7 Å². The zero-order chi connectivity index (χ0) is 13.9. The molecule has 1 atom stereocenters. The third-order valence-corrected chi connectivity index (χ3v) is 3.21. The maximum Gasteiger partial charge on any atom is 0.261 e. The van der Waals surface area contributed by atoms with Crippen LogP contribution in [0.2, 0.25) is 0 Å². The fourth-order valence-electron chi connectivity index (χ4n) is 2.30. The standard InChI is InChI=1S/C14H23NO3/c1-5-6-7-15-11(8-9(2)3)13(17)12(10(4)16)14(15)18/h9,11,16H,5-8H2,1-4H3/b12-10+. The third kappa shape index (κ3) is 2.92. The topological polar surface area (TPSA) is 57.6 Å². The lowest BCUT2D eigenvalue weighted by Gasteiger charge is -2.24. The van der Waals surface area contributed by atoms with Crippen LogP contribution < -0.4 is 0 Å². The molecule has 0 radical (unpaired) electrons. The van der Waals surface area contributed by atoms with Gasteiger partial charge in [0.05, 0.1) is 6.04 Å². The number of ketones is 1. The zero-order valence-corrected chi connectivity index (χ0v) is 11.7. The van der Waals surface area contributed by atoms with Crippen molar-refractivity contribution in [2.75, 3.05) is 6.54 Å². The van der Waals surface area contributed by atoms with Crippen LogP contribution in [0.25, 0.3) is 0 Å². The highest BCUT2D eigenvalue weighted by molar-refractivity contribution is 6.26. The molecule has 4 nitrogen and oxygen atoms in total. The third-order valence-electron chi connectivity index (χ3n) is 3.21. The summed E-state index contributed by atoms with van der Waals surface area (Å²) in [6.45, 7) is 8.11. The number of aliphatic hydroxyl groups excluding tert-OH is 1. The molecule has 0 aromatic rings. The van der Waals surface area contributed by atoms with Crippen LogP contribution in [0.3, 0.4) is 0 Å². The van der Waals surface area contributed by atoms with Crippen molar-refractivity contribution in [2.24, 2.45) is 5.92 Å². The molecule has 0 saturated carbocycles. The van der Waals surface area contributed by atoms with Gasteiger partial charge in [0, 0.05) is 6.54 Å². The highest BCUT2D eigenvalue weighted by Gasteiger charge is 2.43. The molecule has 18 heavy (non-hydrogen) atoms. The number of Topliss-reactive ketones (excluding diaryl/α,β-unsaturated/α-hetero) is 1. The molecule has 1 aliphatic heterocycles. The van der Waals surface area contributed by atoms with Crippen LogP contribution in [-0.2, 0) is 9.59 Å². The van der Waals surface area contributed by atoms with E-state index in [-0.39, 0.29) is 29.1 Å². The predicted octanol–water partition coefficient (Wildman–Crippen LogP) is 2.44. The second-order valence-corrected chi connectivity index (χ2v) is 5.32. The van der Waals surface area contributed by atoms with E-state index in [2.05, 4.69) is 0 Å². The molecule has 1 heterocycles. The number of amides is 1. The monoisotopic (exact) mass is 253 g/mol. The minimum Gasteiger partial charge on any atom is -0.512 e. The zero-order valence-electron chi connectivity index (χ0n) is 11.7. The van der Waals surface area contributed by atoms with E-state index in [0.717, 1.165) is 12.8 Å². The number of rotatable bonds is 5. The molecule has 1 fully saturated rings. The molecule has 1 aliphatic rings. The maximum atomic E-state index is 12.2. The Bertz CT molecular complexity index is 367. The predicted molar refractivity (Wildman–Crippen MR) is 70.2 cm³/mol. The molecular weight excluding hydrogens is 230 g/mol. The molecular formula is C14H23NO3. The Hall–Kier alpha value is -1.32. The summed E-state index contributed by atoms with van der Waals surface area (Å²) in [6, 6.07) is -0.388. The number of nitrogens with zero attached hydrogens (tertiary/aromatic N) is 1. The number of hydrogen-bond acceptors (Lipinski definition) is 3. The van der Waals surface area contributed by atoms with Gasteiger partial charge in [0.2, 0.25) is 0 Å². The normalized spacial score (nSPS) is 23.2. The van der Waals surface area contributed by atoms with Gasteiger partial charge in [-0.15, -0.1) is 0 Å². The molecule has 1 amide bonds. The molecule has 0 aromatic heterocycles. The summed E-state index contributed by atoms with van der Waals surface area (Å²) >= 11 is 0. The second-order valence-electron chi connectivity index (χ2n) is 5.32. The van der Waals surface area contributed by atoms with Crippen LogP contribution >= 0.6 is 0 Å². The number of allylic oxidation sites excluding steroid dienone is 1. The van der Waals surface area contributed by atoms with E-state index >= 15 is 0 Å². The first-order chi connectivity index (χ1) is 8.40. The van der Waals surface area contributed by atoms with Gasteiger partial charge >= 0.3 is 0 Å². The number of carbonyl (C=O) groups excluding carboxylic acids is 2. The van der Waals surface area contributed by atoms with Crippen LogP contribution in [0.5, 0.6) is 0 Å². The Morgan fingerprint density at radius 3 is 2.44 bits per heavy atom. The fraction of sp³-hybridized carbons (Fsp3) is 0.714. The summed E-state index contributed by atoms with van der Waals surface area (Å²) in [5.41, 5.74) is -0.0169. The van der Waals surface area contributed by atoms with Crippen LogP contribution in [-0.4, -0.2) is 34.3 Å². The van der Waals surface area contributed by atoms with E-state index < -0.39 is 0 Å². The van der Waals surface area contributed by atoms with Gasteiger partial charge in [-0.3, -0.25) is 9.59 Å². The van der Waals surface area contributed by atoms with Crippen molar-refractivity contribution in [3.05, 3.63) is 11.3 Å². The Morgan fingerprint density at radius 1 is 1.39 bits per heavy atom. The van der Waals surface area contributed by atoms with Crippen LogP contribution in [0.15, 0.2) is 11.3 Å². The van der Waals surface area contributed by atoms with Gasteiger partial charge < -0.3 is 10.0 Å². The molecule has 102 valence electrons. The number of carbonyl (C=O) groups is 2. The summed E-state index contributed by atoms with van der Waals surface area (Å²) in [4.78, 5) is 26.0.